The van der Waals surface area contributed by atoms with Gasteiger partial charge >= 0.3 is 0 Å². The van der Waals surface area contributed by atoms with E-state index in [0.717, 1.165) is 57.5 Å². The highest BCUT2D eigenvalue weighted by Crippen LogP contribution is 2.30. The van der Waals surface area contributed by atoms with E-state index in [0.29, 0.717) is 6.04 Å². The van der Waals surface area contributed by atoms with Crippen molar-refractivity contribution in [3.63, 3.8) is 0 Å². The molecular formula is C33H43N3O. The van der Waals surface area contributed by atoms with Gasteiger partial charge in [-0.2, -0.15) is 0 Å². The van der Waals surface area contributed by atoms with Gasteiger partial charge in [0.25, 0.3) is 0 Å². The molecule has 0 aliphatic carbocycles. The maximum Gasteiger partial charge on any atom is 0.232 e. The summed E-state index contributed by atoms with van der Waals surface area (Å²) in [5.74, 6) is 0.209. The molecule has 4 rings (SSSR count). The average Bonchev–Trinajstić information content (AvgIpc) is 2.90. The highest BCUT2D eigenvalue weighted by molar-refractivity contribution is 5.97. The molecule has 2 atom stereocenters. The molecule has 1 saturated heterocycles. The SMILES string of the molecule is CC(C)(C)C(=O)N(c1ccccc1)[C@H]1CCN[C@@H](CCCN(Cc2ccccc2)Cc2ccccc2)C1. The van der Waals surface area contributed by atoms with Crippen LogP contribution in [0.5, 0.6) is 0 Å². The van der Waals surface area contributed by atoms with E-state index in [1.807, 2.05) is 39.0 Å². The number of rotatable bonds is 10. The van der Waals surface area contributed by atoms with Crippen LogP contribution in [0.1, 0.15) is 57.6 Å². The van der Waals surface area contributed by atoms with Crippen LogP contribution in [0.15, 0.2) is 91.0 Å². The fourth-order valence-corrected chi connectivity index (χ4v) is 5.34. The van der Waals surface area contributed by atoms with Crippen LogP contribution < -0.4 is 10.2 Å². The predicted octanol–water partition coefficient (Wildman–Crippen LogP) is 6.67. The minimum atomic E-state index is -0.411. The second-order valence-corrected chi connectivity index (χ2v) is 11.4. The second kappa shape index (κ2) is 13.0. The quantitative estimate of drug-likeness (QED) is 0.340. The summed E-state index contributed by atoms with van der Waals surface area (Å²) < 4.78 is 0. The van der Waals surface area contributed by atoms with Gasteiger partial charge in [0, 0.05) is 36.3 Å². The van der Waals surface area contributed by atoms with Crippen molar-refractivity contribution >= 4 is 11.6 Å². The summed E-state index contributed by atoms with van der Waals surface area (Å²) in [5.41, 5.74) is 3.32. The zero-order valence-corrected chi connectivity index (χ0v) is 22.8. The van der Waals surface area contributed by atoms with Crippen LogP contribution in [0.4, 0.5) is 5.69 Å². The number of carbonyl (C=O) groups is 1. The van der Waals surface area contributed by atoms with Crippen molar-refractivity contribution in [1.82, 2.24) is 10.2 Å². The van der Waals surface area contributed by atoms with Crippen LogP contribution in [-0.2, 0) is 17.9 Å². The largest absolute Gasteiger partial charge is 0.314 e. The number of hydrogen-bond acceptors (Lipinski definition) is 3. The van der Waals surface area contributed by atoms with Crippen LogP contribution in [0.3, 0.4) is 0 Å². The Hall–Kier alpha value is -2.95. The number of nitrogens with one attached hydrogen (secondary N) is 1. The van der Waals surface area contributed by atoms with Crippen molar-refractivity contribution in [1.29, 1.82) is 0 Å². The molecule has 0 spiro atoms. The monoisotopic (exact) mass is 497 g/mol. The van der Waals surface area contributed by atoms with Gasteiger partial charge in [-0.05, 0) is 62.0 Å². The van der Waals surface area contributed by atoms with Gasteiger partial charge in [0.15, 0.2) is 0 Å². The van der Waals surface area contributed by atoms with Gasteiger partial charge in [0.2, 0.25) is 5.91 Å². The molecule has 196 valence electrons. The standard InChI is InChI=1S/C33H43N3O/c1-33(2,3)32(37)36(30-19-11-6-12-20-30)31-21-22-34-29(24-31)18-13-23-35(25-27-14-7-4-8-15-27)26-28-16-9-5-10-17-28/h4-12,14-17,19-20,29,31,34H,13,18,21-26H2,1-3H3/t29-,31-/m0/s1. The Morgan fingerprint density at radius 3 is 1.92 bits per heavy atom. The normalized spacial score (nSPS) is 18.1. The smallest absolute Gasteiger partial charge is 0.232 e. The van der Waals surface area contributed by atoms with E-state index >= 15 is 0 Å². The molecule has 0 radical (unpaired) electrons. The second-order valence-electron chi connectivity index (χ2n) is 11.4. The van der Waals surface area contributed by atoms with E-state index in [1.54, 1.807) is 0 Å². The Kier molecular flexibility index (Phi) is 9.54. The van der Waals surface area contributed by atoms with Gasteiger partial charge in [0.05, 0.1) is 0 Å². The molecule has 3 aromatic rings. The van der Waals surface area contributed by atoms with Crippen molar-refractivity contribution in [2.24, 2.45) is 5.41 Å². The van der Waals surface area contributed by atoms with Gasteiger partial charge in [-0.15, -0.1) is 0 Å². The number of anilines is 1. The molecule has 1 aliphatic rings. The van der Waals surface area contributed by atoms with Crippen molar-refractivity contribution in [2.75, 3.05) is 18.0 Å². The average molecular weight is 498 g/mol. The van der Waals surface area contributed by atoms with E-state index < -0.39 is 5.41 Å². The number of nitrogens with zero attached hydrogens (tertiary/aromatic N) is 2. The number of hydrogen-bond donors (Lipinski definition) is 1. The lowest BCUT2D eigenvalue weighted by molar-refractivity contribution is -0.126. The summed E-state index contributed by atoms with van der Waals surface area (Å²) in [4.78, 5) is 18.2. The Labute approximate surface area is 223 Å². The summed E-state index contributed by atoms with van der Waals surface area (Å²) in [6, 6.07) is 32.4. The zero-order chi connectivity index (χ0) is 26.1. The first kappa shape index (κ1) is 27.1. The molecule has 0 aromatic heterocycles. The molecule has 1 aliphatic heterocycles. The molecule has 0 saturated carbocycles. The maximum absolute atomic E-state index is 13.5. The predicted molar refractivity (Wildman–Crippen MR) is 154 cm³/mol. The van der Waals surface area contributed by atoms with E-state index in [-0.39, 0.29) is 11.9 Å². The van der Waals surface area contributed by atoms with Crippen molar-refractivity contribution in [2.45, 2.75) is 71.6 Å². The molecule has 1 amide bonds. The first-order chi connectivity index (χ1) is 17.9. The molecule has 4 nitrogen and oxygen atoms in total. The lowest BCUT2D eigenvalue weighted by Gasteiger charge is -2.41. The summed E-state index contributed by atoms with van der Waals surface area (Å²) >= 11 is 0. The molecule has 4 heteroatoms. The van der Waals surface area contributed by atoms with Crippen LogP contribution in [0, 0.1) is 5.41 Å². The van der Waals surface area contributed by atoms with Gasteiger partial charge < -0.3 is 10.2 Å². The Balaban J connectivity index is 1.39. The maximum atomic E-state index is 13.5. The van der Waals surface area contributed by atoms with Gasteiger partial charge in [-0.3, -0.25) is 9.69 Å². The van der Waals surface area contributed by atoms with Crippen LogP contribution in [-0.4, -0.2) is 36.0 Å². The van der Waals surface area contributed by atoms with Gasteiger partial charge in [-0.1, -0.05) is 99.6 Å². The Bertz CT molecular complexity index is 1040. The minimum Gasteiger partial charge on any atom is -0.314 e. The van der Waals surface area contributed by atoms with Crippen molar-refractivity contribution < 1.29 is 4.79 Å². The third kappa shape index (κ3) is 8.02. The highest BCUT2D eigenvalue weighted by Gasteiger charge is 2.35. The zero-order valence-electron chi connectivity index (χ0n) is 22.8. The number of carbonyl (C=O) groups excluding carboxylic acids is 1. The summed E-state index contributed by atoms with van der Waals surface area (Å²) in [6.45, 7) is 9.99. The van der Waals surface area contributed by atoms with E-state index in [9.17, 15) is 4.79 Å². The van der Waals surface area contributed by atoms with Crippen LogP contribution in [0.2, 0.25) is 0 Å². The van der Waals surface area contributed by atoms with Crippen LogP contribution >= 0.6 is 0 Å². The Morgan fingerprint density at radius 2 is 1.38 bits per heavy atom. The fourth-order valence-electron chi connectivity index (χ4n) is 5.34. The summed E-state index contributed by atoms with van der Waals surface area (Å²) in [5, 5.41) is 3.75. The lowest BCUT2D eigenvalue weighted by atomic mass is 9.89. The number of benzene rings is 3. The highest BCUT2D eigenvalue weighted by atomic mass is 16.2. The summed E-state index contributed by atoms with van der Waals surface area (Å²) in [6.07, 6.45) is 4.22. The van der Waals surface area contributed by atoms with Gasteiger partial charge in [0.1, 0.15) is 0 Å². The molecular weight excluding hydrogens is 454 g/mol. The number of piperidine rings is 1. The molecule has 1 heterocycles. The third-order valence-electron chi connectivity index (χ3n) is 7.25. The first-order valence-corrected chi connectivity index (χ1v) is 13.8. The number of para-hydroxylation sites is 1. The lowest BCUT2D eigenvalue weighted by Crippen LogP contribution is -2.53. The van der Waals surface area contributed by atoms with E-state index in [2.05, 4.69) is 87.9 Å². The Morgan fingerprint density at radius 1 is 0.838 bits per heavy atom. The van der Waals surface area contributed by atoms with Gasteiger partial charge in [-0.25, -0.2) is 0 Å². The third-order valence-corrected chi connectivity index (χ3v) is 7.25. The van der Waals surface area contributed by atoms with E-state index in [4.69, 9.17) is 0 Å². The molecule has 0 unspecified atom stereocenters. The molecule has 1 fully saturated rings. The first-order valence-electron chi connectivity index (χ1n) is 13.8. The van der Waals surface area contributed by atoms with Crippen LogP contribution in [0.25, 0.3) is 0 Å². The van der Waals surface area contributed by atoms with Crippen molar-refractivity contribution in [3.8, 4) is 0 Å². The molecule has 3 aromatic carbocycles. The van der Waals surface area contributed by atoms with E-state index in [1.165, 1.54) is 11.1 Å². The molecule has 37 heavy (non-hydrogen) atoms. The number of amides is 1. The molecule has 1 N–H and O–H groups in total. The minimum absolute atomic E-state index is 0.209. The van der Waals surface area contributed by atoms with Crippen molar-refractivity contribution in [3.05, 3.63) is 102 Å². The summed E-state index contributed by atoms with van der Waals surface area (Å²) in [7, 11) is 0. The topological polar surface area (TPSA) is 35.6 Å². The molecule has 0 bridgehead atoms. The fraction of sp³-hybridized carbons (Fsp3) is 0.424.